The standard InChI is InChI=1S/C28H35F3N4O4/c1-3-39-23-15-32-17-27(23,20-7-10-26(38,11-8-20)22-13-18(2)9-12-33-22)35-24(36)16-34-25(37)19-5-4-6-21(14-19)28(29,30)31/h4-6,9,12-14,20,23,32,38H,3,7-8,10-11,15-17H2,1-2H3,(H,34,37)(H,35,36)/t20?,23-,26?,27+/m0/s1. The minimum atomic E-state index is -4.58. The number of hydrogen-bond acceptors (Lipinski definition) is 6. The Morgan fingerprint density at radius 2 is 1.95 bits per heavy atom. The lowest BCUT2D eigenvalue weighted by Crippen LogP contribution is -2.64. The average molecular weight is 549 g/mol. The highest BCUT2D eigenvalue weighted by Gasteiger charge is 2.53. The van der Waals surface area contributed by atoms with Crippen molar-refractivity contribution in [3.63, 3.8) is 0 Å². The summed E-state index contributed by atoms with van der Waals surface area (Å²) in [5.74, 6) is -1.26. The second-order valence-electron chi connectivity index (χ2n) is 10.4. The number of amides is 2. The van der Waals surface area contributed by atoms with Crippen molar-refractivity contribution in [1.29, 1.82) is 0 Å². The van der Waals surface area contributed by atoms with Crippen molar-refractivity contribution >= 4 is 11.8 Å². The number of carbonyl (C=O) groups is 2. The van der Waals surface area contributed by atoms with Gasteiger partial charge < -0.3 is 25.8 Å². The van der Waals surface area contributed by atoms with E-state index in [0.29, 0.717) is 51.1 Å². The van der Waals surface area contributed by atoms with Gasteiger partial charge in [-0.25, -0.2) is 0 Å². The lowest BCUT2D eigenvalue weighted by atomic mass is 9.67. The average Bonchev–Trinajstić information content (AvgIpc) is 3.30. The van der Waals surface area contributed by atoms with Crippen LogP contribution in [-0.2, 0) is 21.3 Å². The van der Waals surface area contributed by atoms with Gasteiger partial charge in [-0.3, -0.25) is 14.6 Å². The van der Waals surface area contributed by atoms with Crippen LogP contribution in [0.1, 0.15) is 59.8 Å². The summed E-state index contributed by atoms with van der Waals surface area (Å²) >= 11 is 0. The maximum atomic E-state index is 13.1. The normalized spacial score (nSPS) is 27.2. The van der Waals surface area contributed by atoms with E-state index in [1.54, 1.807) is 6.20 Å². The Bertz CT molecular complexity index is 1180. The maximum Gasteiger partial charge on any atom is 0.416 e. The molecule has 8 nitrogen and oxygen atoms in total. The van der Waals surface area contributed by atoms with Gasteiger partial charge in [-0.05, 0) is 81.3 Å². The molecule has 1 aromatic heterocycles. The quantitative estimate of drug-likeness (QED) is 0.404. The van der Waals surface area contributed by atoms with E-state index in [2.05, 4.69) is 20.9 Å². The first-order valence-corrected chi connectivity index (χ1v) is 13.2. The van der Waals surface area contributed by atoms with Crippen molar-refractivity contribution in [2.45, 2.75) is 63.0 Å². The van der Waals surface area contributed by atoms with Crippen LogP contribution < -0.4 is 16.0 Å². The van der Waals surface area contributed by atoms with Gasteiger partial charge >= 0.3 is 6.18 Å². The number of ether oxygens (including phenoxy) is 1. The number of nitrogens with zero attached hydrogens (tertiary/aromatic N) is 1. The summed E-state index contributed by atoms with van der Waals surface area (Å²) in [6.07, 6.45) is -1.03. The fourth-order valence-corrected chi connectivity index (χ4v) is 5.81. The van der Waals surface area contributed by atoms with Gasteiger partial charge in [-0.1, -0.05) is 6.07 Å². The Kier molecular flexibility index (Phi) is 8.63. The van der Waals surface area contributed by atoms with Gasteiger partial charge in [0, 0.05) is 31.5 Å². The van der Waals surface area contributed by atoms with E-state index in [-0.39, 0.29) is 17.6 Å². The van der Waals surface area contributed by atoms with Crippen molar-refractivity contribution in [2.24, 2.45) is 5.92 Å². The summed E-state index contributed by atoms with van der Waals surface area (Å²) in [6, 6.07) is 7.83. The van der Waals surface area contributed by atoms with Crippen LogP contribution in [0.25, 0.3) is 0 Å². The highest BCUT2D eigenvalue weighted by Crippen LogP contribution is 2.44. The van der Waals surface area contributed by atoms with E-state index >= 15 is 0 Å². The molecule has 1 saturated heterocycles. The van der Waals surface area contributed by atoms with E-state index in [1.807, 2.05) is 26.0 Å². The number of halogens is 3. The van der Waals surface area contributed by atoms with Crippen LogP contribution in [0.3, 0.4) is 0 Å². The highest BCUT2D eigenvalue weighted by molar-refractivity contribution is 5.96. The van der Waals surface area contributed by atoms with E-state index < -0.39 is 41.2 Å². The summed E-state index contributed by atoms with van der Waals surface area (Å²) in [5, 5.41) is 20.2. The minimum absolute atomic E-state index is 0.0164. The molecule has 2 atom stereocenters. The first-order valence-electron chi connectivity index (χ1n) is 13.2. The number of rotatable bonds is 8. The molecule has 1 aromatic carbocycles. The summed E-state index contributed by atoms with van der Waals surface area (Å²) in [7, 11) is 0. The zero-order valence-corrected chi connectivity index (χ0v) is 22.1. The van der Waals surface area contributed by atoms with Crippen LogP contribution in [0.15, 0.2) is 42.6 Å². The number of carbonyl (C=O) groups excluding carboxylic acids is 2. The molecule has 0 bridgehead atoms. The lowest BCUT2D eigenvalue weighted by molar-refractivity contribution is -0.137. The Morgan fingerprint density at radius 3 is 2.62 bits per heavy atom. The lowest BCUT2D eigenvalue weighted by Gasteiger charge is -2.46. The Hall–Kier alpha value is -3.02. The topological polar surface area (TPSA) is 113 Å². The predicted octanol–water partition coefficient (Wildman–Crippen LogP) is 3.08. The zero-order chi connectivity index (χ0) is 28.3. The van der Waals surface area contributed by atoms with Gasteiger partial charge in [0.2, 0.25) is 5.91 Å². The van der Waals surface area contributed by atoms with Crippen LogP contribution in [-0.4, -0.2) is 59.8 Å². The molecule has 11 heteroatoms. The molecule has 0 unspecified atom stereocenters. The van der Waals surface area contributed by atoms with Gasteiger partial charge in [0.05, 0.1) is 29.4 Å². The van der Waals surface area contributed by atoms with Crippen LogP contribution >= 0.6 is 0 Å². The Labute approximate surface area is 225 Å². The molecular weight excluding hydrogens is 513 g/mol. The monoisotopic (exact) mass is 548 g/mol. The highest BCUT2D eigenvalue weighted by atomic mass is 19.4. The predicted molar refractivity (Wildman–Crippen MR) is 138 cm³/mol. The fraction of sp³-hybridized carbons (Fsp3) is 0.536. The molecule has 4 N–H and O–H groups in total. The number of nitrogens with one attached hydrogen (secondary N) is 3. The summed E-state index contributed by atoms with van der Waals surface area (Å²) in [6.45, 7) is 4.86. The molecule has 4 rings (SSSR count). The number of hydrogen-bond donors (Lipinski definition) is 4. The third-order valence-electron chi connectivity index (χ3n) is 7.86. The third kappa shape index (κ3) is 6.42. The molecule has 212 valence electrons. The maximum absolute atomic E-state index is 13.1. The van der Waals surface area contributed by atoms with Crippen molar-refractivity contribution < 1.29 is 32.6 Å². The number of benzene rings is 1. The molecular formula is C28H35F3N4O4. The third-order valence-corrected chi connectivity index (χ3v) is 7.86. The number of alkyl halides is 3. The van der Waals surface area contributed by atoms with Crippen LogP contribution in [0.5, 0.6) is 0 Å². The number of pyridine rings is 1. The molecule has 1 aliphatic carbocycles. The molecule has 1 saturated carbocycles. The van der Waals surface area contributed by atoms with Crippen molar-refractivity contribution in [3.05, 3.63) is 65.0 Å². The first kappa shape index (κ1) is 29.0. The van der Waals surface area contributed by atoms with Gasteiger partial charge in [-0.2, -0.15) is 13.2 Å². The molecule has 0 spiro atoms. The zero-order valence-electron chi connectivity index (χ0n) is 22.1. The number of aromatic nitrogens is 1. The van der Waals surface area contributed by atoms with Crippen molar-refractivity contribution in [1.82, 2.24) is 20.9 Å². The van der Waals surface area contributed by atoms with Crippen molar-refractivity contribution in [2.75, 3.05) is 26.2 Å². The van der Waals surface area contributed by atoms with E-state index in [4.69, 9.17) is 4.74 Å². The summed E-state index contributed by atoms with van der Waals surface area (Å²) in [5.41, 5.74) is -1.29. The number of aliphatic hydroxyl groups is 1. The number of aryl methyl sites for hydroxylation is 1. The summed E-state index contributed by atoms with van der Waals surface area (Å²) in [4.78, 5) is 30.0. The molecule has 2 heterocycles. The van der Waals surface area contributed by atoms with Gasteiger partial charge in [0.1, 0.15) is 5.60 Å². The molecule has 2 fully saturated rings. The largest absolute Gasteiger partial charge is 0.416 e. The first-order chi connectivity index (χ1) is 18.5. The van der Waals surface area contributed by atoms with Crippen molar-refractivity contribution in [3.8, 4) is 0 Å². The Balaban J connectivity index is 1.44. The van der Waals surface area contributed by atoms with E-state index in [9.17, 15) is 27.9 Å². The van der Waals surface area contributed by atoms with Crippen LogP contribution in [0, 0.1) is 12.8 Å². The minimum Gasteiger partial charge on any atom is -0.384 e. The second kappa shape index (κ2) is 11.6. The van der Waals surface area contributed by atoms with E-state index in [1.165, 1.54) is 6.07 Å². The molecule has 2 aromatic rings. The summed E-state index contributed by atoms with van der Waals surface area (Å²) < 4.78 is 45.1. The fourth-order valence-electron chi connectivity index (χ4n) is 5.81. The molecule has 1 aliphatic heterocycles. The second-order valence-corrected chi connectivity index (χ2v) is 10.4. The molecule has 39 heavy (non-hydrogen) atoms. The Morgan fingerprint density at radius 1 is 1.21 bits per heavy atom. The van der Waals surface area contributed by atoms with Crippen LogP contribution in [0.4, 0.5) is 13.2 Å². The van der Waals surface area contributed by atoms with Gasteiger partial charge in [0.15, 0.2) is 0 Å². The van der Waals surface area contributed by atoms with E-state index in [0.717, 1.165) is 23.8 Å². The molecule has 2 amide bonds. The van der Waals surface area contributed by atoms with Crippen LogP contribution in [0.2, 0.25) is 0 Å². The van der Waals surface area contributed by atoms with Gasteiger partial charge in [-0.15, -0.1) is 0 Å². The van der Waals surface area contributed by atoms with Gasteiger partial charge in [0.25, 0.3) is 5.91 Å². The smallest absolute Gasteiger partial charge is 0.384 e. The SMILES string of the molecule is CCO[C@H]1CNC[C@@]1(NC(=O)CNC(=O)c1cccc(C(F)(F)F)c1)C1CCC(O)(c2cc(C)ccn2)CC1. The molecule has 2 aliphatic rings. The molecule has 0 radical (unpaired) electrons.